The summed E-state index contributed by atoms with van der Waals surface area (Å²) in [6, 6.07) is 17.1. The number of anilines is 1. The molecular formula is C23H25N3OS. The van der Waals surface area contributed by atoms with E-state index in [-0.39, 0.29) is 18.0 Å². The normalized spacial score (nSPS) is 22.5. The Morgan fingerprint density at radius 1 is 1.14 bits per heavy atom. The van der Waals surface area contributed by atoms with Crippen LogP contribution < -0.4 is 4.90 Å². The highest BCUT2D eigenvalue weighted by atomic mass is 32.1. The number of carbonyl (C=O) groups excluding carboxylic acids is 1. The zero-order valence-electron chi connectivity index (χ0n) is 16.2. The standard InChI is InChI=1S/C23H25N3OS/c1-16-14-17-8-2-4-10-19(17)26(16)22(27)15-25-13-7-6-11-20(25)23-24-18-9-3-5-12-21(18)28-23/h2-5,8-10,12,16,20H,6-7,11,13-15H2,1H3/t16-,20-/m1/s1. The minimum absolute atomic E-state index is 0.213. The van der Waals surface area contributed by atoms with Crippen molar-refractivity contribution < 1.29 is 4.79 Å². The molecule has 1 saturated heterocycles. The molecule has 28 heavy (non-hydrogen) atoms. The molecule has 0 N–H and O–H groups in total. The van der Waals surface area contributed by atoms with Crippen LogP contribution in [0.5, 0.6) is 0 Å². The largest absolute Gasteiger partial charge is 0.308 e. The quantitative estimate of drug-likeness (QED) is 0.643. The van der Waals surface area contributed by atoms with Crippen molar-refractivity contribution >= 4 is 33.1 Å². The van der Waals surface area contributed by atoms with Crippen LogP contribution in [0.2, 0.25) is 0 Å². The van der Waals surface area contributed by atoms with Gasteiger partial charge in [-0.05, 0) is 56.5 Å². The molecule has 0 spiro atoms. The van der Waals surface area contributed by atoms with Crippen LogP contribution in [-0.4, -0.2) is 34.9 Å². The molecule has 3 heterocycles. The van der Waals surface area contributed by atoms with Crippen LogP contribution in [0.3, 0.4) is 0 Å². The molecule has 1 amide bonds. The number of fused-ring (bicyclic) bond motifs is 2. The lowest BCUT2D eigenvalue weighted by Crippen LogP contribution is -2.45. The van der Waals surface area contributed by atoms with Gasteiger partial charge in [0.05, 0.1) is 22.8 Å². The van der Waals surface area contributed by atoms with E-state index in [9.17, 15) is 4.79 Å². The van der Waals surface area contributed by atoms with Crippen LogP contribution in [-0.2, 0) is 11.2 Å². The Morgan fingerprint density at radius 3 is 2.86 bits per heavy atom. The zero-order chi connectivity index (χ0) is 19.1. The third kappa shape index (κ3) is 3.12. The van der Waals surface area contributed by atoms with Crippen LogP contribution in [0.25, 0.3) is 10.2 Å². The second-order valence-electron chi connectivity index (χ2n) is 7.95. The Bertz CT molecular complexity index is 981. The summed E-state index contributed by atoms with van der Waals surface area (Å²) < 4.78 is 1.23. The number of benzene rings is 2. The van der Waals surface area contributed by atoms with Gasteiger partial charge >= 0.3 is 0 Å². The predicted octanol–water partition coefficient (Wildman–Crippen LogP) is 4.80. The lowest BCUT2D eigenvalue weighted by Gasteiger charge is -2.35. The molecule has 4 nitrogen and oxygen atoms in total. The Morgan fingerprint density at radius 2 is 1.96 bits per heavy atom. The molecule has 2 atom stereocenters. The lowest BCUT2D eigenvalue weighted by molar-refractivity contribution is -0.121. The maximum atomic E-state index is 13.3. The summed E-state index contributed by atoms with van der Waals surface area (Å²) in [6.07, 6.45) is 4.39. The Hall–Kier alpha value is -2.24. The van der Waals surface area contributed by atoms with Crippen molar-refractivity contribution in [3.05, 3.63) is 59.1 Å². The summed E-state index contributed by atoms with van der Waals surface area (Å²) in [5, 5.41) is 1.16. The van der Waals surface area contributed by atoms with Crippen molar-refractivity contribution in [2.24, 2.45) is 0 Å². The van der Waals surface area contributed by atoms with E-state index in [1.54, 1.807) is 11.3 Å². The van der Waals surface area contributed by atoms with E-state index in [0.717, 1.165) is 42.0 Å². The van der Waals surface area contributed by atoms with E-state index >= 15 is 0 Å². The first kappa shape index (κ1) is 17.8. The van der Waals surface area contributed by atoms with Gasteiger partial charge < -0.3 is 4.90 Å². The Labute approximate surface area is 169 Å². The number of aromatic nitrogens is 1. The van der Waals surface area contributed by atoms with Crippen LogP contribution in [0.1, 0.15) is 42.8 Å². The summed E-state index contributed by atoms with van der Waals surface area (Å²) in [6.45, 7) is 3.59. The number of carbonyl (C=O) groups is 1. The molecule has 3 aromatic rings. The SMILES string of the molecule is C[C@@H]1Cc2ccccc2N1C(=O)CN1CCCC[C@@H]1c1nc2ccccc2s1. The molecule has 144 valence electrons. The van der Waals surface area contributed by atoms with E-state index in [1.165, 1.54) is 16.7 Å². The minimum Gasteiger partial charge on any atom is -0.308 e. The van der Waals surface area contributed by atoms with Gasteiger partial charge in [-0.15, -0.1) is 11.3 Å². The fourth-order valence-corrected chi connectivity index (χ4v) is 5.83. The molecule has 1 aromatic heterocycles. The highest BCUT2D eigenvalue weighted by Gasteiger charge is 2.34. The van der Waals surface area contributed by atoms with Crippen LogP contribution in [0.15, 0.2) is 48.5 Å². The second kappa shape index (κ2) is 7.30. The minimum atomic E-state index is 0.213. The molecule has 5 rings (SSSR count). The smallest absolute Gasteiger partial charge is 0.241 e. The molecule has 0 saturated carbocycles. The van der Waals surface area contributed by atoms with E-state index in [4.69, 9.17) is 4.98 Å². The highest BCUT2D eigenvalue weighted by Crippen LogP contribution is 2.37. The van der Waals surface area contributed by atoms with Gasteiger partial charge in [-0.2, -0.15) is 0 Å². The lowest BCUT2D eigenvalue weighted by atomic mass is 10.0. The number of hydrogen-bond acceptors (Lipinski definition) is 4. The molecule has 0 aliphatic carbocycles. The number of rotatable bonds is 3. The molecule has 0 bridgehead atoms. The van der Waals surface area contributed by atoms with Gasteiger partial charge in [0.2, 0.25) is 5.91 Å². The van der Waals surface area contributed by atoms with Gasteiger partial charge in [0.15, 0.2) is 0 Å². The third-order valence-electron chi connectivity index (χ3n) is 6.02. The number of amides is 1. The van der Waals surface area contributed by atoms with E-state index in [2.05, 4.69) is 48.2 Å². The Kier molecular flexibility index (Phi) is 4.65. The number of para-hydroxylation sites is 2. The first-order valence-corrected chi connectivity index (χ1v) is 11.0. The summed E-state index contributed by atoms with van der Waals surface area (Å²) in [5.41, 5.74) is 3.44. The fraction of sp³-hybridized carbons (Fsp3) is 0.391. The first-order chi connectivity index (χ1) is 13.7. The van der Waals surface area contributed by atoms with Gasteiger partial charge in [0.25, 0.3) is 0 Å². The molecule has 5 heteroatoms. The van der Waals surface area contributed by atoms with Gasteiger partial charge in [-0.25, -0.2) is 4.98 Å². The first-order valence-electron chi connectivity index (χ1n) is 10.2. The molecule has 2 aromatic carbocycles. The Balaban J connectivity index is 1.39. The maximum Gasteiger partial charge on any atom is 0.241 e. The zero-order valence-corrected chi connectivity index (χ0v) is 17.0. The summed E-state index contributed by atoms with van der Waals surface area (Å²) in [4.78, 5) is 22.6. The van der Waals surface area contributed by atoms with Gasteiger partial charge in [-0.1, -0.05) is 36.8 Å². The summed E-state index contributed by atoms with van der Waals surface area (Å²) in [7, 11) is 0. The van der Waals surface area contributed by atoms with Crippen LogP contribution >= 0.6 is 11.3 Å². The molecule has 0 unspecified atom stereocenters. The van der Waals surface area contributed by atoms with Gasteiger partial charge in [0.1, 0.15) is 5.01 Å². The third-order valence-corrected chi connectivity index (χ3v) is 7.16. The van der Waals surface area contributed by atoms with E-state index in [0.29, 0.717) is 6.54 Å². The van der Waals surface area contributed by atoms with Crippen LogP contribution in [0.4, 0.5) is 5.69 Å². The van der Waals surface area contributed by atoms with Crippen molar-refractivity contribution in [2.75, 3.05) is 18.0 Å². The van der Waals surface area contributed by atoms with Gasteiger partial charge in [-0.3, -0.25) is 9.69 Å². The summed E-state index contributed by atoms with van der Waals surface area (Å²) in [5.74, 6) is 0.213. The van der Waals surface area contributed by atoms with Crippen molar-refractivity contribution in [1.82, 2.24) is 9.88 Å². The van der Waals surface area contributed by atoms with Crippen molar-refractivity contribution in [3.63, 3.8) is 0 Å². The number of nitrogens with zero attached hydrogens (tertiary/aromatic N) is 3. The van der Waals surface area contributed by atoms with E-state index < -0.39 is 0 Å². The number of hydrogen-bond donors (Lipinski definition) is 0. The fourth-order valence-electron chi connectivity index (χ4n) is 4.69. The van der Waals surface area contributed by atoms with E-state index in [1.807, 2.05) is 17.0 Å². The maximum absolute atomic E-state index is 13.3. The van der Waals surface area contributed by atoms with Crippen molar-refractivity contribution in [3.8, 4) is 0 Å². The second-order valence-corrected chi connectivity index (χ2v) is 9.01. The number of piperidine rings is 1. The molecule has 2 aliphatic rings. The molecular weight excluding hydrogens is 366 g/mol. The van der Waals surface area contributed by atoms with Crippen LogP contribution in [0, 0.1) is 0 Å². The monoisotopic (exact) mass is 391 g/mol. The molecule has 1 fully saturated rings. The predicted molar refractivity (Wildman–Crippen MR) is 115 cm³/mol. The number of likely N-dealkylation sites (tertiary alicyclic amines) is 1. The molecule has 2 aliphatic heterocycles. The summed E-state index contributed by atoms with van der Waals surface area (Å²) >= 11 is 1.78. The van der Waals surface area contributed by atoms with Crippen molar-refractivity contribution in [2.45, 2.75) is 44.7 Å². The van der Waals surface area contributed by atoms with Crippen molar-refractivity contribution in [1.29, 1.82) is 0 Å². The average Bonchev–Trinajstić information content (AvgIpc) is 3.28. The molecule has 0 radical (unpaired) electrons. The average molecular weight is 392 g/mol. The topological polar surface area (TPSA) is 36.4 Å². The highest BCUT2D eigenvalue weighted by molar-refractivity contribution is 7.18. The van der Waals surface area contributed by atoms with Gasteiger partial charge in [0, 0.05) is 11.7 Å². The number of thiazole rings is 1.